The average molecular weight is 255 g/mol. The van der Waals surface area contributed by atoms with Gasteiger partial charge >= 0.3 is 0 Å². The predicted molar refractivity (Wildman–Crippen MR) is 72.6 cm³/mol. The van der Waals surface area contributed by atoms with Crippen LogP contribution in [0.3, 0.4) is 0 Å². The van der Waals surface area contributed by atoms with E-state index in [0.717, 1.165) is 12.1 Å². The van der Waals surface area contributed by atoms with Gasteiger partial charge in [-0.05, 0) is 38.9 Å². The van der Waals surface area contributed by atoms with Crippen molar-refractivity contribution in [2.75, 3.05) is 11.9 Å². The van der Waals surface area contributed by atoms with Crippen LogP contribution in [0.5, 0.6) is 0 Å². The molecule has 0 unspecified atom stereocenters. The molecule has 0 aliphatic carbocycles. The molecular formula is C13H19ClN2O. The minimum absolute atomic E-state index is 0.0875. The Morgan fingerprint density at radius 3 is 2.59 bits per heavy atom. The molecule has 17 heavy (non-hydrogen) atoms. The summed E-state index contributed by atoms with van der Waals surface area (Å²) in [6, 6.07) is 5.55. The molecule has 0 spiro atoms. The summed E-state index contributed by atoms with van der Waals surface area (Å²) in [6.07, 6.45) is 0. The maximum Gasteiger partial charge on any atom is 0.244 e. The van der Waals surface area contributed by atoms with E-state index >= 15 is 0 Å². The van der Waals surface area contributed by atoms with Crippen molar-refractivity contribution in [3.05, 3.63) is 28.8 Å². The zero-order valence-corrected chi connectivity index (χ0v) is 11.5. The molecule has 0 heterocycles. The van der Waals surface area contributed by atoms with Crippen LogP contribution in [0.25, 0.3) is 0 Å². The molecule has 0 bridgehead atoms. The van der Waals surface area contributed by atoms with Crippen molar-refractivity contribution in [3.63, 3.8) is 0 Å². The Morgan fingerprint density at radius 1 is 1.41 bits per heavy atom. The minimum Gasteiger partial charge on any atom is -0.323 e. The molecule has 0 radical (unpaired) electrons. The predicted octanol–water partition coefficient (Wildman–Crippen LogP) is 2.98. The van der Waals surface area contributed by atoms with Crippen molar-refractivity contribution >= 4 is 23.2 Å². The number of nitrogens with one attached hydrogen (secondary N) is 2. The number of rotatable bonds is 4. The second-order valence-corrected chi connectivity index (χ2v) is 4.95. The van der Waals surface area contributed by atoms with Crippen LogP contribution < -0.4 is 10.6 Å². The summed E-state index contributed by atoms with van der Waals surface area (Å²) in [6.45, 7) is 8.31. The summed E-state index contributed by atoms with van der Waals surface area (Å²) in [4.78, 5) is 12.1. The highest BCUT2D eigenvalue weighted by molar-refractivity contribution is 6.34. The molecule has 0 atom stereocenters. The maximum absolute atomic E-state index is 12.1. The van der Waals surface area contributed by atoms with Crippen molar-refractivity contribution in [1.29, 1.82) is 0 Å². The van der Waals surface area contributed by atoms with E-state index in [0.29, 0.717) is 10.7 Å². The van der Waals surface area contributed by atoms with Crippen molar-refractivity contribution in [1.82, 2.24) is 5.32 Å². The largest absolute Gasteiger partial charge is 0.323 e. The lowest BCUT2D eigenvalue weighted by molar-refractivity contribution is -0.121. The monoisotopic (exact) mass is 254 g/mol. The first kappa shape index (κ1) is 14.0. The summed E-state index contributed by atoms with van der Waals surface area (Å²) in [7, 11) is 0. The number of halogens is 1. The van der Waals surface area contributed by atoms with Crippen molar-refractivity contribution in [2.45, 2.75) is 33.2 Å². The third-order valence-corrected chi connectivity index (χ3v) is 2.96. The smallest absolute Gasteiger partial charge is 0.244 e. The third kappa shape index (κ3) is 3.45. The normalized spacial score (nSPS) is 11.4. The molecule has 2 N–H and O–H groups in total. The van der Waals surface area contributed by atoms with Crippen LogP contribution in [-0.4, -0.2) is 18.0 Å². The van der Waals surface area contributed by atoms with Gasteiger partial charge in [0.25, 0.3) is 0 Å². The molecule has 4 heteroatoms. The maximum atomic E-state index is 12.1. The number of para-hydroxylation sites is 1. The molecule has 3 nitrogen and oxygen atoms in total. The fraction of sp³-hybridized carbons (Fsp3) is 0.462. The number of carbonyl (C=O) groups is 1. The highest BCUT2D eigenvalue weighted by Gasteiger charge is 2.26. The highest BCUT2D eigenvalue weighted by Crippen LogP contribution is 2.26. The van der Waals surface area contributed by atoms with Gasteiger partial charge in [-0.15, -0.1) is 0 Å². The number of amides is 1. The van der Waals surface area contributed by atoms with Crippen molar-refractivity contribution < 1.29 is 4.79 Å². The zero-order valence-electron chi connectivity index (χ0n) is 10.7. The van der Waals surface area contributed by atoms with E-state index in [9.17, 15) is 4.79 Å². The van der Waals surface area contributed by atoms with Crippen LogP contribution in [0.2, 0.25) is 5.02 Å². The second kappa shape index (κ2) is 5.52. The van der Waals surface area contributed by atoms with Gasteiger partial charge in [0, 0.05) is 0 Å². The number of likely N-dealkylation sites (N-methyl/N-ethyl adjacent to an activating group) is 1. The summed E-state index contributed by atoms with van der Waals surface area (Å²) in [5.74, 6) is -0.0875. The SMILES string of the molecule is CCNC(C)(C)C(=O)Nc1c(C)cccc1Cl. The van der Waals surface area contributed by atoms with Gasteiger partial charge in [-0.1, -0.05) is 30.7 Å². The lowest BCUT2D eigenvalue weighted by Gasteiger charge is -2.25. The summed E-state index contributed by atoms with van der Waals surface area (Å²) in [5, 5.41) is 6.56. The Kier molecular flexibility index (Phi) is 4.54. The molecule has 1 rings (SSSR count). The van der Waals surface area contributed by atoms with Gasteiger partial charge in [0.15, 0.2) is 0 Å². The molecular weight excluding hydrogens is 236 g/mol. The lowest BCUT2D eigenvalue weighted by Crippen LogP contribution is -2.49. The highest BCUT2D eigenvalue weighted by atomic mass is 35.5. The first-order chi connectivity index (χ1) is 7.88. The van der Waals surface area contributed by atoms with E-state index in [1.807, 2.05) is 39.8 Å². The van der Waals surface area contributed by atoms with Gasteiger partial charge in [-0.3, -0.25) is 4.79 Å². The topological polar surface area (TPSA) is 41.1 Å². The van der Waals surface area contributed by atoms with E-state index < -0.39 is 5.54 Å². The first-order valence-corrected chi connectivity index (χ1v) is 6.08. The fourth-order valence-corrected chi connectivity index (χ4v) is 1.85. The van der Waals surface area contributed by atoms with Crippen molar-refractivity contribution in [2.24, 2.45) is 0 Å². The molecule has 94 valence electrons. The number of hydrogen-bond donors (Lipinski definition) is 2. The van der Waals surface area contributed by atoms with E-state index in [-0.39, 0.29) is 5.91 Å². The molecule has 1 amide bonds. The molecule has 0 fully saturated rings. The Hall–Kier alpha value is -1.06. The van der Waals surface area contributed by atoms with E-state index in [4.69, 9.17) is 11.6 Å². The number of hydrogen-bond acceptors (Lipinski definition) is 2. The first-order valence-electron chi connectivity index (χ1n) is 5.70. The molecule has 0 aliphatic heterocycles. The van der Waals surface area contributed by atoms with Crippen LogP contribution in [-0.2, 0) is 4.79 Å². The zero-order chi connectivity index (χ0) is 13.1. The number of benzene rings is 1. The molecule has 1 aromatic rings. The second-order valence-electron chi connectivity index (χ2n) is 4.54. The summed E-state index contributed by atoms with van der Waals surface area (Å²) in [5.41, 5.74) is 1.03. The van der Waals surface area contributed by atoms with Gasteiger partial charge in [-0.25, -0.2) is 0 Å². The molecule has 0 aliphatic rings. The Bertz CT molecular complexity index is 396. The van der Waals surface area contributed by atoms with Crippen LogP contribution in [0.1, 0.15) is 26.3 Å². The van der Waals surface area contributed by atoms with E-state index in [1.165, 1.54) is 0 Å². The number of anilines is 1. The molecule has 0 saturated heterocycles. The Balaban J connectivity index is 2.88. The van der Waals surface area contributed by atoms with Gasteiger partial charge in [0.05, 0.1) is 16.2 Å². The number of carbonyl (C=O) groups excluding carboxylic acids is 1. The fourth-order valence-electron chi connectivity index (χ4n) is 1.58. The van der Waals surface area contributed by atoms with Gasteiger partial charge in [0.1, 0.15) is 0 Å². The Labute approximate surface area is 108 Å². The van der Waals surface area contributed by atoms with E-state index in [1.54, 1.807) is 6.07 Å². The summed E-state index contributed by atoms with van der Waals surface area (Å²) < 4.78 is 0. The van der Waals surface area contributed by atoms with Gasteiger partial charge in [-0.2, -0.15) is 0 Å². The quantitative estimate of drug-likeness (QED) is 0.867. The van der Waals surface area contributed by atoms with Gasteiger partial charge < -0.3 is 10.6 Å². The van der Waals surface area contributed by atoms with Crippen LogP contribution in [0.4, 0.5) is 5.69 Å². The third-order valence-electron chi connectivity index (χ3n) is 2.65. The van der Waals surface area contributed by atoms with Crippen molar-refractivity contribution in [3.8, 4) is 0 Å². The standard InChI is InChI=1S/C13H19ClN2O/c1-5-15-13(3,4)12(17)16-11-9(2)7-6-8-10(11)14/h6-8,15H,5H2,1-4H3,(H,16,17). The van der Waals surface area contributed by atoms with Gasteiger partial charge in [0.2, 0.25) is 5.91 Å². The van der Waals surface area contributed by atoms with Crippen LogP contribution in [0.15, 0.2) is 18.2 Å². The Morgan fingerprint density at radius 2 is 2.06 bits per heavy atom. The average Bonchev–Trinajstić information content (AvgIpc) is 2.23. The number of aryl methyl sites for hydroxylation is 1. The summed E-state index contributed by atoms with van der Waals surface area (Å²) >= 11 is 6.07. The van der Waals surface area contributed by atoms with Crippen LogP contribution >= 0.6 is 11.6 Å². The lowest BCUT2D eigenvalue weighted by atomic mass is 10.0. The molecule has 1 aromatic carbocycles. The molecule has 0 aromatic heterocycles. The minimum atomic E-state index is -0.611. The molecule has 0 saturated carbocycles. The van der Waals surface area contributed by atoms with Crippen LogP contribution in [0, 0.1) is 6.92 Å². The van der Waals surface area contributed by atoms with E-state index in [2.05, 4.69) is 10.6 Å².